The highest BCUT2D eigenvalue weighted by molar-refractivity contribution is 7.90. The van der Waals surface area contributed by atoms with Crippen molar-refractivity contribution in [2.45, 2.75) is 56.8 Å². The van der Waals surface area contributed by atoms with Gasteiger partial charge in [0, 0.05) is 29.3 Å². The Kier molecular flexibility index (Phi) is 8.67. The van der Waals surface area contributed by atoms with E-state index in [1.54, 1.807) is 39.8 Å². The van der Waals surface area contributed by atoms with Crippen LogP contribution in [0.2, 0.25) is 5.02 Å². The van der Waals surface area contributed by atoms with Crippen LogP contribution in [0.3, 0.4) is 0 Å². The lowest BCUT2D eigenvalue weighted by atomic mass is 10.1. The number of aromatic nitrogens is 2. The third-order valence-corrected chi connectivity index (χ3v) is 8.00. The minimum absolute atomic E-state index is 0.0771. The van der Waals surface area contributed by atoms with E-state index in [-0.39, 0.29) is 41.7 Å². The van der Waals surface area contributed by atoms with Gasteiger partial charge in [0.1, 0.15) is 5.82 Å². The number of carbonyl (C=O) groups excluding carboxylic acids is 1. The Morgan fingerprint density at radius 1 is 1.24 bits per heavy atom. The number of sulfone groups is 1. The zero-order chi connectivity index (χ0) is 26.6. The molecule has 1 aromatic heterocycles. The standard InChI is InChI=1S/C27H31ClFN3O4S/c1-19(2)15-31(26(33)20-8-5-9-22(28)13-20)16-23-14-30-27(32(23)17-24-10-6-12-36-24)37(34,35)18-21-7-3-4-11-25(21)29/h3-5,7-9,11,13-14,19,24H,6,10,12,15-18H2,1-2H3. The summed E-state index contributed by atoms with van der Waals surface area (Å²) in [5, 5.41) is 0.307. The van der Waals surface area contributed by atoms with Gasteiger partial charge in [-0.05, 0) is 43.0 Å². The highest BCUT2D eigenvalue weighted by atomic mass is 35.5. The molecule has 0 saturated carbocycles. The number of halogens is 2. The lowest BCUT2D eigenvalue weighted by Gasteiger charge is -2.26. The van der Waals surface area contributed by atoms with E-state index >= 15 is 0 Å². The van der Waals surface area contributed by atoms with E-state index in [2.05, 4.69) is 4.98 Å². The number of nitrogens with zero attached hydrogens (tertiary/aromatic N) is 3. The van der Waals surface area contributed by atoms with Crippen molar-refractivity contribution in [3.63, 3.8) is 0 Å². The monoisotopic (exact) mass is 547 g/mol. The quantitative estimate of drug-likeness (QED) is 0.351. The van der Waals surface area contributed by atoms with Crippen LogP contribution < -0.4 is 0 Å². The Morgan fingerprint density at radius 3 is 2.70 bits per heavy atom. The van der Waals surface area contributed by atoms with Gasteiger partial charge >= 0.3 is 0 Å². The average Bonchev–Trinajstić information content (AvgIpc) is 3.50. The van der Waals surface area contributed by atoms with Crippen LogP contribution in [0.5, 0.6) is 0 Å². The third kappa shape index (κ3) is 6.77. The number of hydrogen-bond donors (Lipinski definition) is 0. The van der Waals surface area contributed by atoms with E-state index in [1.165, 1.54) is 24.4 Å². The molecular formula is C27H31ClFN3O4S. The largest absolute Gasteiger partial charge is 0.376 e. The van der Waals surface area contributed by atoms with Crippen molar-refractivity contribution in [1.82, 2.24) is 14.5 Å². The van der Waals surface area contributed by atoms with Crippen LogP contribution in [-0.4, -0.2) is 48.0 Å². The normalized spacial score (nSPS) is 15.9. The van der Waals surface area contributed by atoms with Crippen LogP contribution in [0.4, 0.5) is 4.39 Å². The SMILES string of the molecule is CC(C)CN(Cc1cnc(S(=O)(=O)Cc2ccccc2F)n1CC1CCCO1)C(=O)c1cccc(Cl)c1. The van der Waals surface area contributed by atoms with Crippen LogP contribution in [-0.2, 0) is 33.4 Å². The average molecular weight is 548 g/mol. The maximum Gasteiger partial charge on any atom is 0.254 e. The summed E-state index contributed by atoms with van der Waals surface area (Å²) in [6.45, 7) is 5.51. The van der Waals surface area contributed by atoms with Crippen molar-refractivity contribution >= 4 is 27.3 Å². The molecule has 37 heavy (non-hydrogen) atoms. The van der Waals surface area contributed by atoms with E-state index in [1.807, 2.05) is 13.8 Å². The molecule has 10 heteroatoms. The van der Waals surface area contributed by atoms with Crippen LogP contribution in [0, 0.1) is 11.7 Å². The van der Waals surface area contributed by atoms with Gasteiger partial charge in [0.15, 0.2) is 0 Å². The number of imidazole rings is 1. The fourth-order valence-corrected chi connectivity index (χ4v) is 6.20. The minimum Gasteiger partial charge on any atom is -0.376 e. The van der Waals surface area contributed by atoms with Crippen LogP contribution in [0.15, 0.2) is 59.9 Å². The smallest absolute Gasteiger partial charge is 0.254 e. The van der Waals surface area contributed by atoms with Gasteiger partial charge in [0.2, 0.25) is 15.0 Å². The summed E-state index contributed by atoms with van der Waals surface area (Å²) in [4.78, 5) is 19.4. The number of amides is 1. The molecule has 0 N–H and O–H groups in total. The molecule has 0 radical (unpaired) electrons. The molecule has 1 aliphatic heterocycles. The molecule has 1 saturated heterocycles. The molecule has 2 heterocycles. The summed E-state index contributed by atoms with van der Waals surface area (Å²) in [5.41, 5.74) is 1.10. The summed E-state index contributed by atoms with van der Waals surface area (Å²) in [7, 11) is -3.99. The molecule has 1 aliphatic rings. The molecule has 1 atom stereocenters. The molecule has 7 nitrogen and oxygen atoms in total. The topological polar surface area (TPSA) is 81.5 Å². The number of hydrogen-bond acceptors (Lipinski definition) is 5. The second-order valence-electron chi connectivity index (χ2n) is 9.72. The van der Waals surface area contributed by atoms with Crippen molar-refractivity contribution in [1.29, 1.82) is 0 Å². The van der Waals surface area contributed by atoms with Crippen molar-refractivity contribution < 1.29 is 22.3 Å². The number of rotatable bonds is 10. The van der Waals surface area contributed by atoms with Gasteiger partial charge in [-0.25, -0.2) is 17.8 Å². The van der Waals surface area contributed by atoms with Crippen LogP contribution in [0.1, 0.15) is 48.3 Å². The second-order valence-corrected chi connectivity index (χ2v) is 12.0. The first-order chi connectivity index (χ1) is 17.6. The summed E-state index contributed by atoms with van der Waals surface area (Å²) in [5.74, 6) is -1.14. The Labute approximate surface area is 222 Å². The molecule has 1 unspecified atom stereocenters. The molecule has 1 amide bonds. The number of carbonyl (C=O) groups is 1. The second kappa shape index (κ2) is 11.8. The maximum atomic E-state index is 14.3. The predicted molar refractivity (Wildman–Crippen MR) is 140 cm³/mol. The minimum atomic E-state index is -3.99. The first-order valence-electron chi connectivity index (χ1n) is 12.3. The summed E-state index contributed by atoms with van der Waals surface area (Å²) < 4.78 is 48.5. The highest BCUT2D eigenvalue weighted by Gasteiger charge is 2.29. The summed E-state index contributed by atoms with van der Waals surface area (Å²) >= 11 is 6.12. The van der Waals surface area contributed by atoms with Crippen molar-refractivity contribution in [2.24, 2.45) is 5.92 Å². The van der Waals surface area contributed by atoms with Crippen molar-refractivity contribution in [3.8, 4) is 0 Å². The molecule has 2 aromatic carbocycles. The molecule has 1 fully saturated rings. The van der Waals surface area contributed by atoms with Gasteiger partial charge in [0.05, 0.1) is 36.8 Å². The predicted octanol–water partition coefficient (Wildman–Crippen LogP) is 5.13. The van der Waals surface area contributed by atoms with Gasteiger partial charge in [-0.2, -0.15) is 0 Å². The van der Waals surface area contributed by atoms with Gasteiger partial charge in [-0.3, -0.25) is 4.79 Å². The highest BCUT2D eigenvalue weighted by Crippen LogP contribution is 2.24. The lowest BCUT2D eigenvalue weighted by Crippen LogP contribution is -2.35. The van der Waals surface area contributed by atoms with Crippen molar-refractivity contribution in [2.75, 3.05) is 13.2 Å². The Hall–Kier alpha value is -2.75. The van der Waals surface area contributed by atoms with Gasteiger partial charge < -0.3 is 14.2 Å². The molecule has 198 valence electrons. The molecule has 4 rings (SSSR count). The fourth-order valence-electron chi connectivity index (χ4n) is 4.50. The van der Waals surface area contributed by atoms with E-state index in [0.29, 0.717) is 29.4 Å². The Bertz CT molecular complexity index is 1350. The van der Waals surface area contributed by atoms with Crippen molar-refractivity contribution in [3.05, 3.63) is 82.4 Å². The third-order valence-electron chi connectivity index (χ3n) is 6.19. The molecule has 0 spiro atoms. The van der Waals surface area contributed by atoms with Crippen LogP contribution in [0.25, 0.3) is 0 Å². The van der Waals surface area contributed by atoms with E-state index in [9.17, 15) is 17.6 Å². The fraction of sp³-hybridized carbons (Fsp3) is 0.407. The summed E-state index contributed by atoms with van der Waals surface area (Å²) in [6.07, 6.45) is 3.00. The van der Waals surface area contributed by atoms with E-state index < -0.39 is 21.4 Å². The zero-order valence-corrected chi connectivity index (χ0v) is 22.5. The van der Waals surface area contributed by atoms with Gasteiger partial charge in [-0.15, -0.1) is 0 Å². The first kappa shape index (κ1) is 27.3. The van der Waals surface area contributed by atoms with E-state index in [4.69, 9.17) is 16.3 Å². The number of benzene rings is 2. The molecule has 3 aromatic rings. The summed E-state index contributed by atoms with van der Waals surface area (Å²) in [6, 6.07) is 12.6. The first-order valence-corrected chi connectivity index (χ1v) is 14.3. The lowest BCUT2D eigenvalue weighted by molar-refractivity contribution is 0.0711. The molecular weight excluding hydrogens is 517 g/mol. The number of ether oxygens (including phenoxy) is 1. The van der Waals surface area contributed by atoms with Gasteiger partial charge in [0.25, 0.3) is 5.91 Å². The van der Waals surface area contributed by atoms with Gasteiger partial charge in [-0.1, -0.05) is 49.7 Å². The van der Waals surface area contributed by atoms with E-state index in [0.717, 1.165) is 12.8 Å². The molecule has 0 aliphatic carbocycles. The maximum absolute atomic E-state index is 14.3. The Morgan fingerprint density at radius 2 is 2.03 bits per heavy atom. The molecule has 0 bridgehead atoms. The zero-order valence-electron chi connectivity index (χ0n) is 20.9. The Balaban J connectivity index is 1.69. The van der Waals surface area contributed by atoms with Crippen LogP contribution >= 0.6 is 11.6 Å².